The third kappa shape index (κ3) is 4.94. The van der Waals surface area contributed by atoms with Gasteiger partial charge >= 0.3 is 0 Å². The summed E-state index contributed by atoms with van der Waals surface area (Å²) in [5.74, 6) is 0.814. The Labute approximate surface area is 120 Å². The molecule has 1 aromatic rings. The van der Waals surface area contributed by atoms with Gasteiger partial charge in [0, 0.05) is 19.2 Å². The molecule has 20 heavy (non-hydrogen) atoms. The molecule has 0 bridgehead atoms. The highest BCUT2D eigenvalue weighted by Crippen LogP contribution is 2.18. The SMILES string of the molecule is COCc1ccc(NC(=O)CCC2CCNCC2)cc1. The zero-order chi connectivity index (χ0) is 14.2. The fourth-order valence-electron chi connectivity index (χ4n) is 2.58. The van der Waals surface area contributed by atoms with Crippen molar-refractivity contribution in [2.75, 3.05) is 25.5 Å². The molecule has 1 fully saturated rings. The highest BCUT2D eigenvalue weighted by Gasteiger charge is 2.14. The molecule has 1 heterocycles. The number of nitrogens with one attached hydrogen (secondary N) is 2. The van der Waals surface area contributed by atoms with Crippen LogP contribution in [0.3, 0.4) is 0 Å². The topological polar surface area (TPSA) is 50.4 Å². The number of ether oxygens (including phenoxy) is 1. The van der Waals surface area contributed by atoms with Crippen molar-refractivity contribution in [1.82, 2.24) is 5.32 Å². The molecular weight excluding hydrogens is 252 g/mol. The minimum Gasteiger partial charge on any atom is -0.380 e. The maximum Gasteiger partial charge on any atom is 0.224 e. The van der Waals surface area contributed by atoms with Crippen LogP contribution in [0.1, 0.15) is 31.2 Å². The van der Waals surface area contributed by atoms with Crippen molar-refractivity contribution in [3.8, 4) is 0 Å². The molecule has 0 saturated carbocycles. The Kier molecular flexibility index (Phi) is 6.02. The second kappa shape index (κ2) is 8.02. The molecule has 1 aliphatic rings. The fourth-order valence-corrected chi connectivity index (χ4v) is 2.58. The highest BCUT2D eigenvalue weighted by molar-refractivity contribution is 5.90. The van der Waals surface area contributed by atoms with Gasteiger partial charge in [0.05, 0.1) is 6.61 Å². The van der Waals surface area contributed by atoms with E-state index in [9.17, 15) is 4.79 Å². The summed E-state index contributed by atoms with van der Waals surface area (Å²) in [6.07, 6.45) is 4.00. The van der Waals surface area contributed by atoms with Crippen molar-refractivity contribution >= 4 is 11.6 Å². The molecule has 4 heteroatoms. The van der Waals surface area contributed by atoms with Crippen LogP contribution >= 0.6 is 0 Å². The van der Waals surface area contributed by atoms with Gasteiger partial charge in [0.1, 0.15) is 0 Å². The van der Waals surface area contributed by atoms with Crippen LogP contribution in [-0.4, -0.2) is 26.1 Å². The molecule has 2 N–H and O–H groups in total. The summed E-state index contributed by atoms with van der Waals surface area (Å²) in [7, 11) is 1.68. The van der Waals surface area contributed by atoms with Crippen LogP contribution < -0.4 is 10.6 Å². The third-order valence-corrected chi connectivity index (χ3v) is 3.79. The van der Waals surface area contributed by atoms with Crippen molar-refractivity contribution < 1.29 is 9.53 Å². The molecule has 1 saturated heterocycles. The van der Waals surface area contributed by atoms with Crippen molar-refractivity contribution in [3.63, 3.8) is 0 Å². The van der Waals surface area contributed by atoms with Crippen LogP contribution in [0.2, 0.25) is 0 Å². The van der Waals surface area contributed by atoms with Gasteiger partial charge in [-0.1, -0.05) is 12.1 Å². The first kappa shape index (κ1) is 15.0. The average molecular weight is 276 g/mol. The molecule has 1 aliphatic heterocycles. The number of hydrogen-bond donors (Lipinski definition) is 2. The lowest BCUT2D eigenvalue weighted by molar-refractivity contribution is -0.116. The first-order valence-corrected chi connectivity index (χ1v) is 7.36. The molecule has 2 rings (SSSR count). The van der Waals surface area contributed by atoms with Crippen LogP contribution in [0, 0.1) is 5.92 Å². The molecule has 4 nitrogen and oxygen atoms in total. The van der Waals surface area contributed by atoms with Crippen LogP contribution in [-0.2, 0) is 16.1 Å². The summed E-state index contributed by atoms with van der Waals surface area (Å²) in [5.41, 5.74) is 1.97. The molecular formula is C16H24N2O2. The summed E-state index contributed by atoms with van der Waals surface area (Å²) in [4.78, 5) is 11.9. The van der Waals surface area contributed by atoms with E-state index in [1.165, 1.54) is 12.8 Å². The minimum atomic E-state index is 0.114. The smallest absolute Gasteiger partial charge is 0.224 e. The van der Waals surface area contributed by atoms with Gasteiger partial charge in [0.2, 0.25) is 5.91 Å². The van der Waals surface area contributed by atoms with E-state index in [0.717, 1.165) is 30.8 Å². The number of carbonyl (C=O) groups excluding carboxylic acids is 1. The van der Waals surface area contributed by atoms with Gasteiger partial charge in [-0.05, 0) is 56.0 Å². The van der Waals surface area contributed by atoms with E-state index < -0.39 is 0 Å². The zero-order valence-corrected chi connectivity index (χ0v) is 12.2. The van der Waals surface area contributed by atoms with Crippen LogP contribution in [0.25, 0.3) is 0 Å². The van der Waals surface area contributed by atoms with Gasteiger partial charge in [-0.2, -0.15) is 0 Å². The van der Waals surface area contributed by atoms with Crippen molar-refractivity contribution in [2.24, 2.45) is 5.92 Å². The number of amides is 1. The second-order valence-corrected chi connectivity index (χ2v) is 5.41. The van der Waals surface area contributed by atoms with E-state index >= 15 is 0 Å². The zero-order valence-electron chi connectivity index (χ0n) is 12.2. The number of hydrogen-bond acceptors (Lipinski definition) is 3. The maximum atomic E-state index is 11.9. The van der Waals surface area contributed by atoms with Crippen LogP contribution in [0.15, 0.2) is 24.3 Å². The second-order valence-electron chi connectivity index (χ2n) is 5.41. The summed E-state index contributed by atoms with van der Waals surface area (Å²) < 4.78 is 5.06. The van der Waals surface area contributed by atoms with Gasteiger partial charge in [-0.25, -0.2) is 0 Å². The van der Waals surface area contributed by atoms with Gasteiger partial charge in [0.25, 0.3) is 0 Å². The van der Waals surface area contributed by atoms with Crippen molar-refractivity contribution in [2.45, 2.75) is 32.3 Å². The lowest BCUT2D eigenvalue weighted by atomic mass is 9.93. The molecule has 1 amide bonds. The number of anilines is 1. The van der Waals surface area contributed by atoms with Gasteiger partial charge in [0.15, 0.2) is 0 Å². The summed E-state index contributed by atoms with van der Waals surface area (Å²) >= 11 is 0. The average Bonchev–Trinajstić information content (AvgIpc) is 2.49. The Bertz CT molecular complexity index is 411. The Morgan fingerprint density at radius 1 is 1.30 bits per heavy atom. The van der Waals surface area contributed by atoms with Crippen molar-refractivity contribution in [3.05, 3.63) is 29.8 Å². The fraction of sp³-hybridized carbons (Fsp3) is 0.562. The molecule has 0 unspecified atom stereocenters. The van der Waals surface area contributed by atoms with E-state index in [-0.39, 0.29) is 5.91 Å². The first-order valence-electron chi connectivity index (χ1n) is 7.36. The summed E-state index contributed by atoms with van der Waals surface area (Å²) in [5, 5.41) is 6.30. The van der Waals surface area contributed by atoms with E-state index in [0.29, 0.717) is 18.9 Å². The molecule has 0 atom stereocenters. The predicted molar refractivity (Wildman–Crippen MR) is 80.6 cm³/mol. The first-order chi connectivity index (χ1) is 9.78. The standard InChI is InChI=1S/C16H24N2O2/c1-20-12-14-2-5-15(6-3-14)18-16(19)7-4-13-8-10-17-11-9-13/h2-3,5-6,13,17H,4,7-12H2,1H3,(H,18,19). The van der Waals surface area contributed by atoms with E-state index in [1.54, 1.807) is 7.11 Å². The molecule has 110 valence electrons. The number of benzene rings is 1. The maximum absolute atomic E-state index is 11.9. The number of piperidine rings is 1. The lowest BCUT2D eigenvalue weighted by Gasteiger charge is -2.22. The van der Waals surface area contributed by atoms with Crippen LogP contribution in [0.5, 0.6) is 0 Å². The summed E-state index contributed by atoms with van der Waals surface area (Å²) in [6, 6.07) is 7.81. The minimum absolute atomic E-state index is 0.114. The van der Waals surface area contributed by atoms with E-state index in [1.807, 2.05) is 24.3 Å². The number of carbonyl (C=O) groups is 1. The Morgan fingerprint density at radius 2 is 2.00 bits per heavy atom. The third-order valence-electron chi connectivity index (χ3n) is 3.79. The predicted octanol–water partition coefficient (Wildman–Crippen LogP) is 2.55. The normalized spacial score (nSPS) is 16.1. The lowest BCUT2D eigenvalue weighted by Crippen LogP contribution is -2.28. The monoisotopic (exact) mass is 276 g/mol. The van der Waals surface area contributed by atoms with E-state index in [4.69, 9.17) is 4.74 Å². The highest BCUT2D eigenvalue weighted by atomic mass is 16.5. The van der Waals surface area contributed by atoms with Gasteiger partial charge < -0.3 is 15.4 Å². The number of rotatable bonds is 6. The summed E-state index contributed by atoms with van der Waals surface area (Å²) in [6.45, 7) is 2.78. The molecule has 0 aromatic heterocycles. The van der Waals surface area contributed by atoms with Crippen LogP contribution in [0.4, 0.5) is 5.69 Å². The molecule has 0 spiro atoms. The van der Waals surface area contributed by atoms with Gasteiger partial charge in [-0.3, -0.25) is 4.79 Å². The molecule has 1 aromatic carbocycles. The van der Waals surface area contributed by atoms with E-state index in [2.05, 4.69) is 10.6 Å². The molecule has 0 radical (unpaired) electrons. The van der Waals surface area contributed by atoms with Crippen molar-refractivity contribution in [1.29, 1.82) is 0 Å². The number of methoxy groups -OCH3 is 1. The Hall–Kier alpha value is -1.39. The molecule has 0 aliphatic carbocycles. The quantitative estimate of drug-likeness (QED) is 0.839. The van der Waals surface area contributed by atoms with Gasteiger partial charge in [-0.15, -0.1) is 0 Å². The Morgan fingerprint density at radius 3 is 2.65 bits per heavy atom. The largest absolute Gasteiger partial charge is 0.380 e. The Balaban J connectivity index is 1.73.